The molecule has 1 saturated heterocycles. The number of halogens is 3. The van der Waals surface area contributed by atoms with Gasteiger partial charge in [0, 0.05) is 13.7 Å². The van der Waals surface area contributed by atoms with Crippen molar-refractivity contribution in [3.8, 4) is 0 Å². The van der Waals surface area contributed by atoms with Crippen LogP contribution in [0.4, 0.5) is 13.2 Å². The maximum absolute atomic E-state index is 12.9. The lowest BCUT2D eigenvalue weighted by Crippen LogP contribution is -2.45. The standard InChI is InChI=1S/C16H22F3NO2S/c1-22-10-14(20-11-15(21)5-7-23-8-6-15)12-3-2-4-13(9-12)16(17,18)19/h2-4,9,14,20-21H,5-8,10-11H2,1H3. The number of ether oxygens (including phenoxy) is 1. The van der Waals surface area contributed by atoms with Gasteiger partial charge in [0.15, 0.2) is 0 Å². The van der Waals surface area contributed by atoms with E-state index in [2.05, 4.69) is 5.32 Å². The van der Waals surface area contributed by atoms with Gasteiger partial charge in [0.2, 0.25) is 0 Å². The van der Waals surface area contributed by atoms with E-state index < -0.39 is 17.3 Å². The monoisotopic (exact) mass is 349 g/mol. The highest BCUT2D eigenvalue weighted by molar-refractivity contribution is 7.99. The molecule has 1 aliphatic rings. The Labute approximate surface area is 138 Å². The summed E-state index contributed by atoms with van der Waals surface area (Å²) in [6, 6.07) is 4.85. The summed E-state index contributed by atoms with van der Waals surface area (Å²) < 4.78 is 43.7. The highest BCUT2D eigenvalue weighted by atomic mass is 32.2. The van der Waals surface area contributed by atoms with Gasteiger partial charge in [-0.15, -0.1) is 0 Å². The third-order valence-corrected chi connectivity index (χ3v) is 5.04. The summed E-state index contributed by atoms with van der Waals surface area (Å²) >= 11 is 1.81. The molecule has 130 valence electrons. The Morgan fingerprint density at radius 3 is 2.65 bits per heavy atom. The van der Waals surface area contributed by atoms with Crippen molar-refractivity contribution in [2.24, 2.45) is 0 Å². The van der Waals surface area contributed by atoms with Gasteiger partial charge in [-0.2, -0.15) is 24.9 Å². The van der Waals surface area contributed by atoms with Crippen LogP contribution in [0, 0.1) is 0 Å². The molecule has 7 heteroatoms. The number of hydrogen-bond donors (Lipinski definition) is 2. The number of nitrogens with one attached hydrogen (secondary N) is 1. The Morgan fingerprint density at radius 1 is 1.35 bits per heavy atom. The van der Waals surface area contributed by atoms with Crippen molar-refractivity contribution >= 4 is 11.8 Å². The van der Waals surface area contributed by atoms with E-state index in [0.29, 0.717) is 24.9 Å². The van der Waals surface area contributed by atoms with E-state index >= 15 is 0 Å². The lowest BCUT2D eigenvalue weighted by Gasteiger charge is -2.33. The summed E-state index contributed by atoms with van der Waals surface area (Å²) in [6.45, 7) is 0.587. The van der Waals surface area contributed by atoms with E-state index in [9.17, 15) is 18.3 Å². The van der Waals surface area contributed by atoms with Crippen molar-refractivity contribution in [1.29, 1.82) is 0 Å². The number of alkyl halides is 3. The molecule has 0 aliphatic carbocycles. The highest BCUT2D eigenvalue weighted by Crippen LogP contribution is 2.31. The fourth-order valence-corrected chi connectivity index (χ4v) is 3.87. The molecule has 1 atom stereocenters. The van der Waals surface area contributed by atoms with Gasteiger partial charge in [-0.1, -0.05) is 12.1 Å². The molecule has 0 amide bonds. The summed E-state index contributed by atoms with van der Waals surface area (Å²) in [5, 5.41) is 13.7. The molecule has 1 unspecified atom stereocenters. The summed E-state index contributed by atoms with van der Waals surface area (Å²) in [7, 11) is 1.51. The summed E-state index contributed by atoms with van der Waals surface area (Å²) in [5.41, 5.74) is -0.958. The van der Waals surface area contributed by atoms with Crippen LogP contribution in [0.1, 0.15) is 30.0 Å². The molecule has 1 fully saturated rings. The first kappa shape index (κ1) is 18.6. The number of thioether (sulfide) groups is 1. The molecular weight excluding hydrogens is 327 g/mol. The Bertz CT molecular complexity index is 504. The van der Waals surface area contributed by atoms with Crippen molar-refractivity contribution in [3.63, 3.8) is 0 Å². The number of methoxy groups -OCH3 is 1. The molecule has 0 bridgehead atoms. The molecule has 3 nitrogen and oxygen atoms in total. The maximum atomic E-state index is 12.9. The Balaban J connectivity index is 2.08. The predicted molar refractivity (Wildman–Crippen MR) is 85.6 cm³/mol. The highest BCUT2D eigenvalue weighted by Gasteiger charge is 2.32. The second-order valence-corrected chi connectivity index (χ2v) is 7.07. The first-order valence-electron chi connectivity index (χ1n) is 7.54. The smallest absolute Gasteiger partial charge is 0.389 e. The molecule has 0 radical (unpaired) electrons. The molecule has 1 aliphatic heterocycles. The summed E-state index contributed by atoms with van der Waals surface area (Å²) in [4.78, 5) is 0. The van der Waals surface area contributed by atoms with Gasteiger partial charge in [-0.3, -0.25) is 0 Å². The van der Waals surface area contributed by atoms with Crippen molar-refractivity contribution in [3.05, 3.63) is 35.4 Å². The molecular formula is C16H22F3NO2S. The fraction of sp³-hybridized carbons (Fsp3) is 0.625. The van der Waals surface area contributed by atoms with Crippen molar-refractivity contribution < 1.29 is 23.0 Å². The van der Waals surface area contributed by atoms with Crippen LogP contribution in [0.15, 0.2) is 24.3 Å². The fourth-order valence-electron chi connectivity index (χ4n) is 2.61. The van der Waals surface area contributed by atoms with Gasteiger partial charge >= 0.3 is 6.18 Å². The van der Waals surface area contributed by atoms with Gasteiger partial charge in [-0.25, -0.2) is 0 Å². The first-order valence-corrected chi connectivity index (χ1v) is 8.69. The van der Waals surface area contributed by atoms with Crippen LogP contribution in [0.2, 0.25) is 0 Å². The zero-order valence-corrected chi connectivity index (χ0v) is 13.8. The molecule has 1 heterocycles. The van der Waals surface area contributed by atoms with Gasteiger partial charge in [0.1, 0.15) is 0 Å². The Hall–Kier alpha value is -0.760. The van der Waals surface area contributed by atoms with Gasteiger partial charge in [-0.05, 0) is 42.0 Å². The maximum Gasteiger partial charge on any atom is 0.416 e. The average Bonchev–Trinajstić information content (AvgIpc) is 2.51. The average molecular weight is 349 g/mol. The Kier molecular flexibility index (Phi) is 6.36. The van der Waals surface area contributed by atoms with Crippen molar-refractivity contribution in [1.82, 2.24) is 5.32 Å². The zero-order valence-electron chi connectivity index (χ0n) is 13.0. The second-order valence-electron chi connectivity index (χ2n) is 5.85. The topological polar surface area (TPSA) is 41.5 Å². The number of rotatable bonds is 6. The van der Waals surface area contributed by atoms with Crippen LogP contribution in [0.5, 0.6) is 0 Å². The number of hydrogen-bond acceptors (Lipinski definition) is 4. The van der Waals surface area contributed by atoms with E-state index in [0.717, 1.165) is 23.6 Å². The van der Waals surface area contributed by atoms with E-state index in [4.69, 9.17) is 4.74 Å². The SMILES string of the molecule is COCC(NCC1(O)CCSCC1)c1cccc(C(F)(F)F)c1. The van der Waals surface area contributed by atoms with Crippen molar-refractivity contribution in [2.75, 3.05) is 31.8 Å². The van der Waals surface area contributed by atoms with Crippen LogP contribution in [0.25, 0.3) is 0 Å². The molecule has 2 N–H and O–H groups in total. The van der Waals surface area contributed by atoms with Crippen LogP contribution in [0.3, 0.4) is 0 Å². The van der Waals surface area contributed by atoms with Gasteiger partial charge < -0.3 is 15.2 Å². The van der Waals surface area contributed by atoms with E-state index in [1.165, 1.54) is 13.2 Å². The second kappa shape index (κ2) is 7.88. The van der Waals surface area contributed by atoms with Gasteiger partial charge in [0.05, 0.1) is 23.8 Å². The largest absolute Gasteiger partial charge is 0.416 e. The van der Waals surface area contributed by atoms with Crippen LogP contribution < -0.4 is 5.32 Å². The van der Waals surface area contributed by atoms with Crippen molar-refractivity contribution in [2.45, 2.75) is 30.7 Å². The molecule has 23 heavy (non-hydrogen) atoms. The predicted octanol–water partition coefficient (Wildman–Crippen LogP) is 3.24. The summed E-state index contributed by atoms with van der Waals surface area (Å²) in [5.74, 6) is 1.80. The number of benzene rings is 1. The lowest BCUT2D eigenvalue weighted by molar-refractivity contribution is -0.137. The van der Waals surface area contributed by atoms with Crippen LogP contribution in [-0.4, -0.2) is 42.5 Å². The number of aliphatic hydroxyl groups is 1. The van der Waals surface area contributed by atoms with E-state index in [1.807, 2.05) is 0 Å². The minimum absolute atomic E-state index is 0.242. The van der Waals surface area contributed by atoms with Gasteiger partial charge in [0.25, 0.3) is 0 Å². The lowest BCUT2D eigenvalue weighted by atomic mass is 9.95. The van der Waals surface area contributed by atoms with E-state index in [1.54, 1.807) is 17.8 Å². The minimum Gasteiger partial charge on any atom is -0.389 e. The van der Waals surface area contributed by atoms with Crippen LogP contribution >= 0.6 is 11.8 Å². The normalized spacial score (nSPS) is 19.5. The first-order chi connectivity index (χ1) is 10.8. The molecule has 0 aromatic heterocycles. The van der Waals surface area contributed by atoms with E-state index in [-0.39, 0.29) is 12.6 Å². The molecule has 2 rings (SSSR count). The molecule has 1 aromatic rings. The quantitative estimate of drug-likeness (QED) is 0.827. The third kappa shape index (κ3) is 5.38. The summed E-state index contributed by atoms with van der Waals surface area (Å²) in [6.07, 6.45) is -2.99. The molecule has 0 spiro atoms. The minimum atomic E-state index is -4.37. The van der Waals surface area contributed by atoms with Crippen LogP contribution in [-0.2, 0) is 10.9 Å². The molecule has 1 aromatic carbocycles. The Morgan fingerprint density at radius 2 is 2.04 bits per heavy atom. The zero-order chi connectivity index (χ0) is 16.9. The third-order valence-electron chi connectivity index (χ3n) is 4.05. The molecule has 0 saturated carbocycles.